The maximum atomic E-state index is 13.3. The smallest absolute Gasteiger partial charge is 0.227 e. The fourth-order valence-electron chi connectivity index (χ4n) is 3.75. The molecule has 0 saturated carbocycles. The zero-order chi connectivity index (χ0) is 20.8. The highest BCUT2D eigenvalue weighted by Gasteiger charge is 2.27. The van der Waals surface area contributed by atoms with Gasteiger partial charge >= 0.3 is 0 Å². The second kappa shape index (κ2) is 9.88. The van der Waals surface area contributed by atoms with E-state index in [1.54, 1.807) is 12.1 Å². The van der Waals surface area contributed by atoms with Crippen LogP contribution in [0.25, 0.3) is 0 Å². The largest absolute Gasteiger partial charge is 0.491 e. The number of carbonyl (C=O) groups excluding carboxylic acids is 1. The summed E-state index contributed by atoms with van der Waals surface area (Å²) in [5.74, 6) is 0.672. The molecule has 5 heteroatoms. The molecule has 3 rings (SSSR count). The number of ether oxygens (including phenoxy) is 1. The number of hydrogen-bond donors (Lipinski definition) is 0. The minimum atomic E-state index is -0.255. The van der Waals surface area contributed by atoms with Gasteiger partial charge in [0, 0.05) is 12.6 Å². The molecule has 156 valence electrons. The van der Waals surface area contributed by atoms with E-state index >= 15 is 0 Å². The maximum absolute atomic E-state index is 13.3. The fraction of sp³-hybridized carbons (Fsp3) is 0.458. The molecule has 0 aliphatic carbocycles. The standard InChI is InChI=1S/C24H31FN2O2/c1-18(2)29-23-10-6-19(7-11-23)16-24(28)27(22-12-14-26(3)15-13-22)17-20-4-8-21(25)9-5-20/h4-11,18,22H,12-17H2,1-3H3. The highest BCUT2D eigenvalue weighted by molar-refractivity contribution is 5.79. The molecule has 0 unspecified atom stereocenters. The van der Waals surface area contributed by atoms with E-state index in [4.69, 9.17) is 4.74 Å². The Balaban J connectivity index is 1.71. The van der Waals surface area contributed by atoms with Gasteiger partial charge in [-0.05, 0) is 82.2 Å². The molecule has 1 aliphatic heterocycles. The molecule has 2 aromatic rings. The molecule has 1 heterocycles. The van der Waals surface area contributed by atoms with Crippen molar-refractivity contribution < 1.29 is 13.9 Å². The molecule has 1 aliphatic rings. The van der Waals surface area contributed by atoms with E-state index in [1.807, 2.05) is 43.0 Å². The van der Waals surface area contributed by atoms with Crippen molar-refractivity contribution in [1.29, 1.82) is 0 Å². The lowest BCUT2D eigenvalue weighted by molar-refractivity contribution is -0.134. The monoisotopic (exact) mass is 398 g/mol. The van der Waals surface area contributed by atoms with Crippen molar-refractivity contribution in [1.82, 2.24) is 9.80 Å². The first-order valence-electron chi connectivity index (χ1n) is 10.4. The predicted molar refractivity (Wildman–Crippen MR) is 113 cm³/mol. The fourth-order valence-corrected chi connectivity index (χ4v) is 3.75. The van der Waals surface area contributed by atoms with Crippen molar-refractivity contribution in [2.24, 2.45) is 0 Å². The number of likely N-dealkylation sites (tertiary alicyclic amines) is 1. The Morgan fingerprint density at radius 3 is 2.24 bits per heavy atom. The molecule has 0 radical (unpaired) electrons. The van der Waals surface area contributed by atoms with Gasteiger partial charge < -0.3 is 14.5 Å². The molecule has 4 nitrogen and oxygen atoms in total. The summed E-state index contributed by atoms with van der Waals surface area (Å²) in [5, 5.41) is 0. The number of benzene rings is 2. The van der Waals surface area contributed by atoms with Crippen LogP contribution in [-0.2, 0) is 17.8 Å². The lowest BCUT2D eigenvalue weighted by Crippen LogP contribution is -2.46. The summed E-state index contributed by atoms with van der Waals surface area (Å²) < 4.78 is 19.0. The van der Waals surface area contributed by atoms with E-state index in [9.17, 15) is 9.18 Å². The minimum absolute atomic E-state index is 0.112. The number of nitrogens with zero attached hydrogens (tertiary/aromatic N) is 2. The summed E-state index contributed by atoms with van der Waals surface area (Å²) in [6.45, 7) is 6.47. The van der Waals surface area contributed by atoms with Crippen LogP contribution in [0.15, 0.2) is 48.5 Å². The normalized spacial score (nSPS) is 15.5. The molecular formula is C24H31FN2O2. The summed E-state index contributed by atoms with van der Waals surface area (Å²) in [6, 6.07) is 14.4. The first-order chi connectivity index (χ1) is 13.9. The number of hydrogen-bond acceptors (Lipinski definition) is 3. The number of amides is 1. The Kier molecular flexibility index (Phi) is 7.26. The highest BCUT2D eigenvalue weighted by atomic mass is 19.1. The summed E-state index contributed by atoms with van der Waals surface area (Å²) in [5.41, 5.74) is 1.93. The Morgan fingerprint density at radius 1 is 1.07 bits per heavy atom. The average Bonchev–Trinajstić information content (AvgIpc) is 2.69. The van der Waals surface area contributed by atoms with Gasteiger partial charge in [0.2, 0.25) is 5.91 Å². The molecule has 29 heavy (non-hydrogen) atoms. The number of piperidine rings is 1. The Morgan fingerprint density at radius 2 is 1.66 bits per heavy atom. The summed E-state index contributed by atoms with van der Waals surface area (Å²) >= 11 is 0. The first kappa shape index (κ1) is 21.3. The van der Waals surface area contributed by atoms with Crippen LogP contribution < -0.4 is 4.74 Å². The molecular weight excluding hydrogens is 367 g/mol. The Bertz CT molecular complexity index is 782. The topological polar surface area (TPSA) is 32.8 Å². The van der Waals surface area contributed by atoms with Crippen LogP contribution in [0.2, 0.25) is 0 Å². The van der Waals surface area contributed by atoms with Crippen LogP contribution in [0.5, 0.6) is 5.75 Å². The van der Waals surface area contributed by atoms with Gasteiger partial charge in [-0.2, -0.15) is 0 Å². The molecule has 0 N–H and O–H groups in total. The minimum Gasteiger partial charge on any atom is -0.491 e. The quantitative estimate of drug-likeness (QED) is 0.698. The van der Waals surface area contributed by atoms with E-state index in [2.05, 4.69) is 11.9 Å². The zero-order valence-electron chi connectivity index (χ0n) is 17.6. The van der Waals surface area contributed by atoms with Crippen molar-refractivity contribution in [3.05, 3.63) is 65.5 Å². The molecule has 1 saturated heterocycles. The van der Waals surface area contributed by atoms with Crippen molar-refractivity contribution in [2.45, 2.75) is 51.8 Å². The first-order valence-corrected chi connectivity index (χ1v) is 10.4. The second-order valence-electron chi connectivity index (χ2n) is 8.17. The van der Waals surface area contributed by atoms with Crippen LogP contribution in [0.3, 0.4) is 0 Å². The van der Waals surface area contributed by atoms with Crippen LogP contribution in [-0.4, -0.2) is 48.0 Å². The van der Waals surface area contributed by atoms with Crippen molar-refractivity contribution >= 4 is 5.91 Å². The van der Waals surface area contributed by atoms with E-state index < -0.39 is 0 Å². The van der Waals surface area contributed by atoms with Crippen LogP contribution >= 0.6 is 0 Å². The third kappa shape index (κ3) is 6.29. The van der Waals surface area contributed by atoms with Gasteiger partial charge in [0.05, 0.1) is 12.5 Å². The molecule has 2 aromatic carbocycles. The number of rotatable bonds is 7. The lowest BCUT2D eigenvalue weighted by Gasteiger charge is -2.37. The van der Waals surface area contributed by atoms with Crippen molar-refractivity contribution in [2.75, 3.05) is 20.1 Å². The molecule has 0 atom stereocenters. The molecule has 0 bridgehead atoms. The molecule has 1 amide bonds. The highest BCUT2D eigenvalue weighted by Crippen LogP contribution is 2.21. The average molecular weight is 399 g/mol. The number of carbonyl (C=O) groups is 1. The van der Waals surface area contributed by atoms with Crippen LogP contribution in [0, 0.1) is 5.82 Å². The summed E-state index contributed by atoms with van der Waals surface area (Å²) in [7, 11) is 2.11. The van der Waals surface area contributed by atoms with E-state index in [0.29, 0.717) is 13.0 Å². The van der Waals surface area contributed by atoms with Gasteiger partial charge in [-0.25, -0.2) is 4.39 Å². The molecule has 1 fully saturated rings. The van der Waals surface area contributed by atoms with Crippen LogP contribution in [0.4, 0.5) is 4.39 Å². The van der Waals surface area contributed by atoms with Gasteiger partial charge in [0.15, 0.2) is 0 Å². The third-order valence-electron chi connectivity index (χ3n) is 5.37. The predicted octanol–water partition coefficient (Wildman–Crippen LogP) is 4.28. The molecule has 0 spiro atoms. The van der Waals surface area contributed by atoms with Gasteiger partial charge in [-0.1, -0.05) is 24.3 Å². The second-order valence-corrected chi connectivity index (χ2v) is 8.17. The van der Waals surface area contributed by atoms with Gasteiger partial charge in [-0.15, -0.1) is 0 Å². The number of halogens is 1. The van der Waals surface area contributed by atoms with E-state index in [-0.39, 0.29) is 23.9 Å². The third-order valence-corrected chi connectivity index (χ3v) is 5.37. The van der Waals surface area contributed by atoms with Gasteiger partial charge in [0.25, 0.3) is 0 Å². The van der Waals surface area contributed by atoms with Gasteiger partial charge in [0.1, 0.15) is 11.6 Å². The lowest BCUT2D eigenvalue weighted by atomic mass is 10.0. The van der Waals surface area contributed by atoms with Crippen molar-refractivity contribution in [3.63, 3.8) is 0 Å². The van der Waals surface area contributed by atoms with Crippen molar-refractivity contribution in [3.8, 4) is 5.75 Å². The SMILES string of the molecule is CC(C)Oc1ccc(CC(=O)N(Cc2ccc(F)cc2)C2CCN(C)CC2)cc1. The zero-order valence-corrected chi connectivity index (χ0v) is 17.6. The Labute approximate surface area is 173 Å². The van der Waals surface area contributed by atoms with E-state index in [1.165, 1.54) is 12.1 Å². The summed E-state index contributed by atoms with van der Waals surface area (Å²) in [4.78, 5) is 17.5. The van der Waals surface area contributed by atoms with Crippen LogP contribution in [0.1, 0.15) is 37.8 Å². The summed E-state index contributed by atoms with van der Waals surface area (Å²) in [6.07, 6.45) is 2.41. The van der Waals surface area contributed by atoms with Gasteiger partial charge in [-0.3, -0.25) is 4.79 Å². The Hall–Kier alpha value is -2.40. The molecule has 0 aromatic heterocycles. The van der Waals surface area contributed by atoms with E-state index in [0.717, 1.165) is 42.8 Å². The maximum Gasteiger partial charge on any atom is 0.227 e.